The van der Waals surface area contributed by atoms with Crippen LogP contribution in [0.4, 0.5) is 0 Å². The highest BCUT2D eigenvalue weighted by Gasteiger charge is 2.29. The highest BCUT2D eigenvalue weighted by molar-refractivity contribution is 5.92. The number of aromatic nitrogens is 2. The van der Waals surface area contributed by atoms with Crippen LogP contribution < -0.4 is 18.9 Å². The van der Waals surface area contributed by atoms with Gasteiger partial charge in [-0.3, -0.25) is 0 Å². The number of ether oxygens (including phenoxy) is 4. The SMILES string of the molecule is c1[nH]c2cc3c(cc2c1C1CCCCc2[nH]c4cc5c(cc4c21)OCO5)OCO3. The molecule has 0 amide bonds. The Morgan fingerprint density at radius 3 is 2.24 bits per heavy atom. The maximum Gasteiger partial charge on any atom is 0.231 e. The zero-order valence-electron chi connectivity index (χ0n) is 15.8. The molecule has 3 aliphatic rings. The Bertz CT molecular complexity index is 1290. The summed E-state index contributed by atoms with van der Waals surface area (Å²) in [6.07, 6.45) is 6.75. The van der Waals surface area contributed by atoms with Gasteiger partial charge in [-0.15, -0.1) is 0 Å². The van der Waals surface area contributed by atoms with Gasteiger partial charge in [0.2, 0.25) is 13.6 Å². The monoisotopic (exact) mass is 388 g/mol. The van der Waals surface area contributed by atoms with Gasteiger partial charge in [0.25, 0.3) is 0 Å². The molecule has 6 nitrogen and oxygen atoms in total. The van der Waals surface area contributed by atoms with E-state index in [1.807, 2.05) is 6.07 Å². The average molecular weight is 388 g/mol. The molecule has 0 radical (unpaired) electrons. The third-order valence-corrected chi connectivity index (χ3v) is 6.51. The van der Waals surface area contributed by atoms with E-state index >= 15 is 0 Å². The molecule has 0 fully saturated rings. The van der Waals surface area contributed by atoms with Gasteiger partial charge in [0.15, 0.2) is 23.0 Å². The lowest BCUT2D eigenvalue weighted by Crippen LogP contribution is -2.00. The minimum atomic E-state index is 0.292. The second-order valence-corrected chi connectivity index (χ2v) is 8.06. The number of fused-ring (bicyclic) bond motifs is 6. The van der Waals surface area contributed by atoms with Crippen molar-refractivity contribution in [3.63, 3.8) is 0 Å². The van der Waals surface area contributed by atoms with E-state index < -0.39 is 0 Å². The van der Waals surface area contributed by atoms with Crippen LogP contribution in [0.3, 0.4) is 0 Å². The summed E-state index contributed by atoms with van der Waals surface area (Å²) in [5.74, 6) is 3.62. The van der Waals surface area contributed by atoms with E-state index in [-0.39, 0.29) is 0 Å². The van der Waals surface area contributed by atoms with Crippen molar-refractivity contribution in [3.05, 3.63) is 47.3 Å². The van der Waals surface area contributed by atoms with Crippen molar-refractivity contribution < 1.29 is 18.9 Å². The van der Waals surface area contributed by atoms with E-state index in [9.17, 15) is 0 Å². The Morgan fingerprint density at radius 1 is 0.759 bits per heavy atom. The molecule has 1 aliphatic carbocycles. The minimum absolute atomic E-state index is 0.292. The molecule has 2 N–H and O–H groups in total. The highest BCUT2D eigenvalue weighted by atomic mass is 16.7. The lowest BCUT2D eigenvalue weighted by molar-refractivity contribution is 0.173. The Kier molecular flexibility index (Phi) is 3.03. The van der Waals surface area contributed by atoms with Crippen molar-refractivity contribution in [2.75, 3.05) is 13.6 Å². The van der Waals surface area contributed by atoms with E-state index in [2.05, 4.69) is 34.4 Å². The molecule has 1 atom stereocenters. The number of hydrogen-bond donors (Lipinski definition) is 2. The lowest BCUT2D eigenvalue weighted by Gasteiger charge is -2.16. The Morgan fingerprint density at radius 2 is 1.45 bits per heavy atom. The van der Waals surface area contributed by atoms with E-state index in [0.29, 0.717) is 19.5 Å². The van der Waals surface area contributed by atoms with Gasteiger partial charge in [0.1, 0.15) is 0 Å². The lowest BCUT2D eigenvalue weighted by atomic mass is 9.86. The topological polar surface area (TPSA) is 68.5 Å². The van der Waals surface area contributed by atoms with Crippen molar-refractivity contribution >= 4 is 21.8 Å². The van der Waals surface area contributed by atoms with Crippen LogP contribution in [0.15, 0.2) is 30.5 Å². The number of rotatable bonds is 1. The molecule has 0 bridgehead atoms. The van der Waals surface area contributed by atoms with Crippen molar-refractivity contribution in [3.8, 4) is 23.0 Å². The fraction of sp³-hybridized carbons (Fsp3) is 0.304. The first-order chi connectivity index (χ1) is 14.3. The van der Waals surface area contributed by atoms with Crippen LogP contribution in [0.5, 0.6) is 23.0 Å². The smallest absolute Gasteiger partial charge is 0.231 e. The van der Waals surface area contributed by atoms with E-state index in [1.54, 1.807) is 0 Å². The third-order valence-electron chi connectivity index (χ3n) is 6.51. The first-order valence-corrected chi connectivity index (χ1v) is 10.2. The summed E-state index contributed by atoms with van der Waals surface area (Å²) in [6, 6.07) is 8.40. The fourth-order valence-corrected chi connectivity index (χ4v) is 5.18. The average Bonchev–Trinajstić information content (AvgIpc) is 3.49. The molecule has 2 aliphatic heterocycles. The Balaban J connectivity index is 1.46. The van der Waals surface area contributed by atoms with Crippen LogP contribution >= 0.6 is 0 Å². The molecule has 1 unspecified atom stereocenters. The quantitative estimate of drug-likeness (QED) is 0.452. The Hall–Kier alpha value is -3.28. The number of aromatic amines is 2. The fourth-order valence-electron chi connectivity index (χ4n) is 5.18. The van der Waals surface area contributed by atoms with Gasteiger partial charge in [-0.25, -0.2) is 0 Å². The van der Waals surface area contributed by atoms with Gasteiger partial charge in [-0.2, -0.15) is 0 Å². The standard InChI is InChI=1S/C23H20N2O4/c1-2-4-16-23(14-6-20-22(29-11-27-20)8-18(14)25-16)12(3-1)15-9-24-17-7-21-19(5-13(15)17)26-10-28-21/h5-9,12,24-25H,1-4,10-11H2. The van der Waals surface area contributed by atoms with Crippen LogP contribution in [-0.2, 0) is 6.42 Å². The van der Waals surface area contributed by atoms with E-state index in [0.717, 1.165) is 46.9 Å². The molecule has 29 heavy (non-hydrogen) atoms. The molecule has 146 valence electrons. The molecule has 0 saturated heterocycles. The molecular weight excluding hydrogens is 368 g/mol. The molecule has 0 saturated carbocycles. The minimum Gasteiger partial charge on any atom is -0.454 e. The largest absolute Gasteiger partial charge is 0.454 e. The van der Waals surface area contributed by atoms with Gasteiger partial charge < -0.3 is 28.9 Å². The zero-order valence-corrected chi connectivity index (χ0v) is 15.8. The molecule has 2 aromatic carbocycles. The first-order valence-electron chi connectivity index (χ1n) is 10.2. The predicted octanol–water partition coefficient (Wildman–Crippen LogP) is 4.96. The number of nitrogens with one attached hydrogen (secondary N) is 2. The summed E-state index contributed by atoms with van der Waals surface area (Å²) >= 11 is 0. The number of aryl methyl sites for hydroxylation is 1. The van der Waals surface area contributed by atoms with Gasteiger partial charge in [0, 0.05) is 51.7 Å². The maximum absolute atomic E-state index is 5.67. The van der Waals surface area contributed by atoms with Gasteiger partial charge >= 0.3 is 0 Å². The third kappa shape index (κ3) is 2.17. The van der Waals surface area contributed by atoms with Gasteiger partial charge in [-0.1, -0.05) is 6.42 Å². The second kappa shape index (κ2) is 5.63. The predicted molar refractivity (Wildman–Crippen MR) is 108 cm³/mol. The van der Waals surface area contributed by atoms with Crippen LogP contribution in [0.2, 0.25) is 0 Å². The van der Waals surface area contributed by atoms with Crippen LogP contribution in [0.1, 0.15) is 42.0 Å². The van der Waals surface area contributed by atoms with Crippen molar-refractivity contribution in [2.45, 2.75) is 31.6 Å². The summed E-state index contributed by atoms with van der Waals surface area (Å²) in [4.78, 5) is 7.13. The van der Waals surface area contributed by atoms with Gasteiger partial charge in [-0.05, 0) is 42.5 Å². The normalized spacial score (nSPS) is 19.7. The van der Waals surface area contributed by atoms with Crippen LogP contribution in [0.25, 0.3) is 21.8 Å². The molecule has 7 rings (SSSR count). The van der Waals surface area contributed by atoms with Crippen molar-refractivity contribution in [2.24, 2.45) is 0 Å². The van der Waals surface area contributed by atoms with E-state index in [1.165, 1.54) is 40.4 Å². The molecule has 4 heterocycles. The van der Waals surface area contributed by atoms with Crippen LogP contribution in [0, 0.1) is 0 Å². The Labute approximate surface area is 166 Å². The first kappa shape index (κ1) is 15.6. The molecule has 6 heteroatoms. The summed E-state index contributed by atoms with van der Waals surface area (Å²) < 4.78 is 22.5. The van der Waals surface area contributed by atoms with Gasteiger partial charge in [0.05, 0.1) is 0 Å². The number of benzene rings is 2. The summed E-state index contributed by atoms with van der Waals surface area (Å²) in [5.41, 5.74) is 6.27. The molecular formula is C23H20N2O4. The summed E-state index contributed by atoms with van der Waals surface area (Å²) in [5, 5.41) is 2.45. The number of hydrogen-bond acceptors (Lipinski definition) is 4. The number of H-pyrrole nitrogens is 2. The van der Waals surface area contributed by atoms with Crippen molar-refractivity contribution in [1.82, 2.24) is 9.97 Å². The summed E-state index contributed by atoms with van der Waals surface area (Å²) in [7, 11) is 0. The maximum atomic E-state index is 5.67. The summed E-state index contributed by atoms with van der Waals surface area (Å²) in [6.45, 7) is 0.587. The molecule has 4 aromatic rings. The zero-order chi connectivity index (χ0) is 18.9. The van der Waals surface area contributed by atoms with E-state index in [4.69, 9.17) is 18.9 Å². The second-order valence-electron chi connectivity index (χ2n) is 8.06. The van der Waals surface area contributed by atoms with Crippen molar-refractivity contribution in [1.29, 1.82) is 0 Å². The molecule has 0 spiro atoms. The highest BCUT2D eigenvalue weighted by Crippen LogP contribution is 2.47. The molecule has 2 aromatic heterocycles. The van der Waals surface area contributed by atoms with Crippen LogP contribution in [-0.4, -0.2) is 23.6 Å².